The maximum Gasteiger partial charge on any atom is 0.407 e. The highest BCUT2D eigenvalue weighted by atomic mass is 32.2. The predicted octanol–water partition coefficient (Wildman–Crippen LogP) is 6.02. The number of hydrogen-bond acceptors (Lipinski definition) is 15. The Morgan fingerprint density at radius 2 is 1.41 bits per heavy atom. The zero-order valence-electron chi connectivity index (χ0n) is 40.5. The lowest BCUT2D eigenvalue weighted by atomic mass is 9.87. The van der Waals surface area contributed by atoms with E-state index in [1.165, 1.54) is 22.5 Å². The summed E-state index contributed by atoms with van der Waals surface area (Å²) in [4.78, 5) is 13.3. The minimum atomic E-state index is -4.16. The first kappa shape index (κ1) is 53.6. The van der Waals surface area contributed by atoms with Crippen LogP contribution in [0.2, 0.25) is 0 Å². The van der Waals surface area contributed by atoms with E-state index in [2.05, 4.69) is 25.2 Å². The summed E-state index contributed by atoms with van der Waals surface area (Å²) in [6, 6.07) is 19.7. The second-order valence-electron chi connectivity index (χ2n) is 19.9. The highest BCUT2D eigenvalue weighted by Gasteiger charge is 2.44. The first-order chi connectivity index (χ1) is 32.7. The highest BCUT2D eigenvalue weighted by molar-refractivity contribution is 7.89. The number of rotatable bonds is 22. The second-order valence-corrected chi connectivity index (χ2v) is 23.8. The van der Waals surface area contributed by atoms with E-state index < -0.39 is 56.1 Å². The molecule has 0 spiro atoms. The zero-order valence-corrected chi connectivity index (χ0v) is 42.1. The lowest BCUT2D eigenvalue weighted by Gasteiger charge is -2.35. The van der Waals surface area contributed by atoms with Gasteiger partial charge in [-0.25, -0.2) is 21.6 Å². The molecule has 5 atom stereocenters. The van der Waals surface area contributed by atoms with E-state index >= 15 is 0 Å². The lowest BCUT2D eigenvalue weighted by Crippen LogP contribution is -2.52. The number of benzene rings is 3. The predicted molar refractivity (Wildman–Crippen MR) is 255 cm³/mol. The molecule has 3 aromatic rings. The Kier molecular flexibility index (Phi) is 18.2. The summed E-state index contributed by atoms with van der Waals surface area (Å²) < 4.78 is 95.6. The van der Waals surface area contributed by atoms with Crippen LogP contribution in [0.4, 0.5) is 4.79 Å². The number of aliphatic hydroxyl groups excluding tert-OH is 1. The smallest absolute Gasteiger partial charge is 0.407 e. The first-order valence-corrected chi connectivity index (χ1v) is 26.4. The molecular formula is C49H69N5O13S2. The van der Waals surface area contributed by atoms with Gasteiger partial charge in [-0.1, -0.05) is 71.9 Å². The molecule has 7 rings (SSSR count). The van der Waals surface area contributed by atoms with Gasteiger partial charge in [0.2, 0.25) is 33.6 Å². The number of hydrogen-bond donors (Lipinski definition) is 3. The molecule has 0 aliphatic carbocycles. The maximum absolute atomic E-state index is 14.1. The summed E-state index contributed by atoms with van der Waals surface area (Å²) in [7, 11) is -7.77. The molecule has 4 aliphatic heterocycles. The molecule has 4 aliphatic rings. The topological polar surface area (TPSA) is 239 Å². The van der Waals surface area contributed by atoms with Crippen molar-refractivity contribution < 1.29 is 59.9 Å². The van der Waals surface area contributed by atoms with Crippen LogP contribution in [0.3, 0.4) is 0 Å². The zero-order chi connectivity index (χ0) is 50.0. The van der Waals surface area contributed by atoms with Gasteiger partial charge in [-0.05, 0) is 85.2 Å². The minimum absolute atomic E-state index is 0.00715. The van der Waals surface area contributed by atoms with Crippen molar-refractivity contribution in [3.8, 4) is 29.1 Å². The van der Waals surface area contributed by atoms with Crippen molar-refractivity contribution in [2.24, 2.45) is 28.4 Å². The van der Waals surface area contributed by atoms with Crippen molar-refractivity contribution >= 4 is 26.1 Å². The number of carbonyl (C=O) groups excluding carboxylic acids is 1. The van der Waals surface area contributed by atoms with Crippen LogP contribution in [0.15, 0.2) is 76.5 Å². The van der Waals surface area contributed by atoms with Crippen molar-refractivity contribution in [3.63, 3.8) is 0 Å². The van der Waals surface area contributed by atoms with Gasteiger partial charge in [0.25, 0.3) is 0 Å². The fraction of sp³-hybridized carbons (Fsp3) is 0.592. The molecule has 1 amide bonds. The van der Waals surface area contributed by atoms with E-state index in [1.54, 1.807) is 22.5 Å². The molecule has 380 valence electrons. The standard InChI is InChI=1S/C31H39N3O9S.C18H30N2O4S/c1-31(2,12-6-13-32)19-34(44(37,38)22-9-10-26-27(16-22)42-20-41-26)17-25(35)24(15-21-7-4-3-5-8-21)33-30(36)43-28-18-40-29-23(28)11-14-39-29;1-14(2)11-20(12-18(3,4)8-5-9-19)25(21,22)15-6-7-16-17(10-15)24-13-23-16/h3-5,7-10,16,23-25,28-29,35H,6,11-12,14-15,17-20H2,1-2H3,(H,33,36);6-7,10,14H,5,8-9,11-13,19H2,1-4H3/t23?,24-,25?,28?,29?;/m0./s1. The van der Waals surface area contributed by atoms with E-state index in [0.717, 1.165) is 18.4 Å². The van der Waals surface area contributed by atoms with Crippen LogP contribution in [-0.2, 0) is 40.7 Å². The molecule has 20 heteroatoms. The van der Waals surface area contributed by atoms with Crippen LogP contribution in [0.5, 0.6) is 23.0 Å². The number of nitrogens with one attached hydrogen (secondary N) is 1. The Labute approximate surface area is 407 Å². The molecule has 4 unspecified atom stereocenters. The van der Waals surface area contributed by atoms with E-state index in [-0.39, 0.29) is 73.2 Å². The Balaban J connectivity index is 0.000000265. The van der Waals surface area contributed by atoms with Crippen molar-refractivity contribution in [2.45, 2.75) is 114 Å². The van der Waals surface area contributed by atoms with E-state index in [1.807, 2.05) is 58.0 Å². The van der Waals surface area contributed by atoms with Gasteiger partial charge in [0.1, 0.15) is 6.10 Å². The number of aliphatic hydroxyl groups is 1. The number of nitriles is 1. The van der Waals surface area contributed by atoms with Gasteiger partial charge in [0, 0.05) is 44.7 Å². The van der Waals surface area contributed by atoms with Gasteiger partial charge in [-0.2, -0.15) is 13.9 Å². The monoisotopic (exact) mass is 999 g/mol. The van der Waals surface area contributed by atoms with E-state index in [9.17, 15) is 32.0 Å². The lowest BCUT2D eigenvalue weighted by molar-refractivity contribution is -0.0907. The Morgan fingerprint density at radius 3 is 1.97 bits per heavy atom. The fourth-order valence-corrected chi connectivity index (χ4v) is 12.2. The molecule has 2 fully saturated rings. The van der Waals surface area contributed by atoms with Crippen LogP contribution in [0.25, 0.3) is 0 Å². The molecule has 3 aromatic carbocycles. The van der Waals surface area contributed by atoms with E-state index in [4.69, 9.17) is 38.9 Å². The largest absolute Gasteiger partial charge is 0.454 e. The quantitative estimate of drug-likeness (QED) is 0.104. The average molecular weight is 1000 g/mol. The molecule has 2 saturated heterocycles. The van der Waals surface area contributed by atoms with Gasteiger partial charge in [-0.3, -0.25) is 0 Å². The second kappa shape index (κ2) is 23.5. The summed E-state index contributed by atoms with van der Waals surface area (Å²) in [5.74, 6) is 1.99. The number of carbonyl (C=O) groups is 1. The SMILES string of the molecule is CC(C)(CCC#N)CN(CC(O)[C@H](Cc1ccccc1)NC(=O)OC1COC2OCCC12)S(=O)(=O)c1ccc2c(c1)OCO2.CC(C)CN(CC(C)(C)CCCN)S(=O)(=O)c1ccc2c(c1)OCO2. The van der Waals surface area contributed by atoms with Crippen molar-refractivity contribution in [2.75, 3.05) is 59.5 Å². The van der Waals surface area contributed by atoms with Crippen molar-refractivity contribution in [1.82, 2.24) is 13.9 Å². The summed E-state index contributed by atoms with van der Waals surface area (Å²) in [5.41, 5.74) is 5.72. The number of ether oxygens (including phenoxy) is 7. The van der Waals surface area contributed by atoms with Crippen LogP contribution in [0, 0.1) is 34.0 Å². The molecule has 0 aromatic heterocycles. The third-order valence-electron chi connectivity index (χ3n) is 12.4. The number of nitrogens with two attached hydrogens (primary N) is 1. The Bertz CT molecular complexity index is 2450. The van der Waals surface area contributed by atoms with Gasteiger partial charge in [0.05, 0.1) is 47.1 Å². The normalized spacial score (nSPS) is 19.5. The van der Waals surface area contributed by atoms with Gasteiger partial charge in [-0.15, -0.1) is 0 Å². The summed E-state index contributed by atoms with van der Waals surface area (Å²) in [5, 5.41) is 23.6. The van der Waals surface area contributed by atoms with Crippen LogP contribution in [-0.4, -0.2) is 121 Å². The third-order valence-corrected chi connectivity index (χ3v) is 16.0. The summed E-state index contributed by atoms with van der Waals surface area (Å²) in [6.45, 7) is 14.1. The summed E-state index contributed by atoms with van der Waals surface area (Å²) >= 11 is 0. The minimum Gasteiger partial charge on any atom is -0.454 e. The van der Waals surface area contributed by atoms with Gasteiger partial charge < -0.3 is 49.3 Å². The maximum atomic E-state index is 14.1. The first-order valence-electron chi connectivity index (χ1n) is 23.5. The van der Waals surface area contributed by atoms with Crippen LogP contribution < -0.4 is 30.0 Å². The van der Waals surface area contributed by atoms with E-state index in [0.29, 0.717) is 62.1 Å². The van der Waals surface area contributed by atoms with Gasteiger partial charge >= 0.3 is 6.09 Å². The van der Waals surface area contributed by atoms with Crippen molar-refractivity contribution in [1.29, 1.82) is 5.26 Å². The van der Waals surface area contributed by atoms with Crippen LogP contribution in [0.1, 0.15) is 79.2 Å². The van der Waals surface area contributed by atoms with Crippen molar-refractivity contribution in [3.05, 3.63) is 72.3 Å². The fourth-order valence-electron chi connectivity index (χ4n) is 8.72. The number of sulfonamides is 2. The molecule has 69 heavy (non-hydrogen) atoms. The molecule has 0 bridgehead atoms. The number of alkyl carbamates (subject to hydrolysis) is 1. The van der Waals surface area contributed by atoms with Crippen LogP contribution >= 0.6 is 0 Å². The highest BCUT2D eigenvalue weighted by Crippen LogP contribution is 2.38. The Hall–Kier alpha value is -4.72. The molecular weight excluding hydrogens is 931 g/mol. The summed E-state index contributed by atoms with van der Waals surface area (Å²) in [6.07, 6.45) is 0.470. The Morgan fingerprint density at radius 1 is 0.841 bits per heavy atom. The molecule has 0 radical (unpaired) electrons. The number of amides is 1. The van der Waals surface area contributed by atoms with Gasteiger partial charge in [0.15, 0.2) is 29.3 Å². The molecule has 4 heterocycles. The third kappa shape index (κ3) is 14.4. The molecule has 4 N–H and O–H groups in total. The number of fused-ring (bicyclic) bond motifs is 3. The number of nitrogens with zero attached hydrogens (tertiary/aromatic N) is 3. The molecule has 18 nitrogen and oxygen atoms in total. The average Bonchev–Trinajstić information content (AvgIpc) is 4.14. The molecule has 0 saturated carbocycles.